The van der Waals surface area contributed by atoms with Gasteiger partial charge in [-0.3, -0.25) is 14.4 Å². The first-order chi connectivity index (χ1) is 12.6. The lowest BCUT2D eigenvalue weighted by molar-refractivity contribution is -0.136. The number of hydrazone groups is 1. The fourth-order valence-corrected chi connectivity index (χ4v) is 2.29. The first-order valence-corrected chi connectivity index (χ1v) is 7.77. The summed E-state index contributed by atoms with van der Waals surface area (Å²) >= 11 is 0. The molecule has 26 heavy (non-hydrogen) atoms. The topological polar surface area (TPSA) is 101 Å². The van der Waals surface area contributed by atoms with Crippen LogP contribution in [0.2, 0.25) is 0 Å². The Kier molecular flexibility index (Phi) is 4.89. The molecule has 0 aliphatic heterocycles. The van der Waals surface area contributed by atoms with Crippen LogP contribution in [0.4, 0.5) is 5.69 Å². The Morgan fingerprint density at radius 3 is 2.58 bits per heavy atom. The van der Waals surface area contributed by atoms with E-state index < -0.39 is 11.8 Å². The number of anilines is 1. The van der Waals surface area contributed by atoms with Gasteiger partial charge in [0.15, 0.2) is 0 Å². The number of benzene rings is 2. The van der Waals surface area contributed by atoms with Crippen LogP contribution in [0, 0.1) is 6.92 Å². The molecule has 2 aromatic carbocycles. The molecule has 0 spiro atoms. The third-order valence-corrected chi connectivity index (χ3v) is 3.68. The third-order valence-electron chi connectivity index (χ3n) is 3.68. The van der Waals surface area contributed by atoms with Gasteiger partial charge in [-0.2, -0.15) is 5.10 Å². The molecule has 1 aromatic heterocycles. The van der Waals surface area contributed by atoms with Crippen molar-refractivity contribution in [2.75, 3.05) is 5.32 Å². The number of carbonyl (C=O) groups excluding carboxylic acids is 2. The van der Waals surface area contributed by atoms with E-state index in [4.69, 9.17) is 4.42 Å². The molecule has 3 aromatic rings. The zero-order valence-corrected chi connectivity index (χ0v) is 13.9. The highest BCUT2D eigenvalue weighted by atomic mass is 16.3. The number of carbonyl (C=O) groups is 2. The number of fused-ring (bicyclic) bond motifs is 1. The fraction of sp³-hybridized carbons (Fsp3) is 0.0526. The van der Waals surface area contributed by atoms with Crippen LogP contribution in [0.5, 0.6) is 0 Å². The molecule has 0 fully saturated rings. The predicted octanol–water partition coefficient (Wildman–Crippen LogP) is 2.19. The average Bonchev–Trinajstić information content (AvgIpc) is 2.65. The molecule has 7 heteroatoms. The second-order valence-corrected chi connectivity index (χ2v) is 5.48. The summed E-state index contributed by atoms with van der Waals surface area (Å²) in [5.41, 5.74) is 3.77. The maximum atomic E-state index is 12.3. The van der Waals surface area contributed by atoms with Crippen LogP contribution in [0.15, 0.2) is 69.1 Å². The Morgan fingerprint density at radius 1 is 1.04 bits per heavy atom. The lowest BCUT2D eigenvalue weighted by Gasteiger charge is -2.06. The summed E-state index contributed by atoms with van der Waals surface area (Å²) in [4.78, 5) is 36.0. The second kappa shape index (κ2) is 7.43. The van der Waals surface area contributed by atoms with Gasteiger partial charge in [0.2, 0.25) is 5.43 Å². The van der Waals surface area contributed by atoms with E-state index in [0.29, 0.717) is 16.7 Å². The molecule has 7 nitrogen and oxygen atoms in total. The summed E-state index contributed by atoms with van der Waals surface area (Å²) in [6.45, 7) is 1.81. The Hall–Kier alpha value is -3.74. The van der Waals surface area contributed by atoms with Crippen LogP contribution >= 0.6 is 0 Å². The van der Waals surface area contributed by atoms with Gasteiger partial charge in [-0.05, 0) is 30.7 Å². The number of hydrogen-bond acceptors (Lipinski definition) is 5. The molecule has 0 saturated carbocycles. The smallest absolute Gasteiger partial charge is 0.329 e. The zero-order chi connectivity index (χ0) is 18.5. The molecule has 1 heterocycles. The maximum absolute atomic E-state index is 12.3. The van der Waals surface area contributed by atoms with Crippen LogP contribution in [0.1, 0.15) is 11.1 Å². The Morgan fingerprint density at radius 2 is 1.77 bits per heavy atom. The lowest BCUT2D eigenvalue weighted by Crippen LogP contribution is -2.32. The molecule has 0 aliphatic carbocycles. The van der Waals surface area contributed by atoms with Gasteiger partial charge in [-0.1, -0.05) is 30.3 Å². The minimum Gasteiger partial charge on any atom is -0.463 e. The summed E-state index contributed by atoms with van der Waals surface area (Å²) < 4.78 is 5.34. The first kappa shape index (κ1) is 17.1. The summed E-state index contributed by atoms with van der Waals surface area (Å²) in [5.74, 6) is -1.81. The van der Waals surface area contributed by atoms with E-state index in [1.54, 1.807) is 36.4 Å². The maximum Gasteiger partial charge on any atom is 0.329 e. The second-order valence-electron chi connectivity index (χ2n) is 5.48. The van der Waals surface area contributed by atoms with Crippen molar-refractivity contribution in [1.29, 1.82) is 0 Å². The summed E-state index contributed by atoms with van der Waals surface area (Å²) in [6.07, 6.45) is 2.38. The van der Waals surface area contributed by atoms with Gasteiger partial charge in [0.05, 0.1) is 17.2 Å². The molecule has 0 aliphatic rings. The summed E-state index contributed by atoms with van der Waals surface area (Å²) in [5, 5.41) is 6.54. The minimum atomic E-state index is -0.949. The van der Waals surface area contributed by atoms with E-state index in [1.807, 2.05) is 19.1 Å². The van der Waals surface area contributed by atoms with E-state index in [-0.39, 0.29) is 11.0 Å². The monoisotopic (exact) mass is 349 g/mol. The van der Waals surface area contributed by atoms with E-state index in [2.05, 4.69) is 15.8 Å². The lowest BCUT2D eigenvalue weighted by atomic mass is 10.2. The SMILES string of the molecule is Cc1ccccc1NC(=O)C(=O)N/N=C\c1coc2ccccc2c1=O. The highest BCUT2D eigenvalue weighted by Crippen LogP contribution is 2.12. The average molecular weight is 349 g/mol. The van der Waals surface area contributed by atoms with Gasteiger partial charge in [-0.25, -0.2) is 5.43 Å². The van der Waals surface area contributed by atoms with Crippen LogP contribution in [0.25, 0.3) is 11.0 Å². The van der Waals surface area contributed by atoms with Crippen LogP contribution in [-0.4, -0.2) is 18.0 Å². The minimum absolute atomic E-state index is 0.156. The molecule has 2 amide bonds. The van der Waals surface area contributed by atoms with E-state index in [9.17, 15) is 14.4 Å². The van der Waals surface area contributed by atoms with Crippen LogP contribution in [0.3, 0.4) is 0 Å². The molecule has 0 unspecified atom stereocenters. The van der Waals surface area contributed by atoms with Crippen molar-refractivity contribution in [3.8, 4) is 0 Å². The van der Waals surface area contributed by atoms with Crippen LogP contribution < -0.4 is 16.2 Å². The van der Waals surface area contributed by atoms with E-state index in [0.717, 1.165) is 11.8 Å². The molecule has 0 atom stereocenters. The van der Waals surface area contributed by atoms with Gasteiger partial charge < -0.3 is 9.73 Å². The van der Waals surface area contributed by atoms with E-state index >= 15 is 0 Å². The number of amides is 2. The number of hydrogen-bond donors (Lipinski definition) is 2. The largest absolute Gasteiger partial charge is 0.463 e. The molecular weight excluding hydrogens is 334 g/mol. The van der Waals surface area contributed by atoms with Gasteiger partial charge in [0.25, 0.3) is 0 Å². The molecule has 3 rings (SSSR count). The molecule has 130 valence electrons. The van der Waals surface area contributed by atoms with Crippen molar-refractivity contribution >= 4 is 34.7 Å². The van der Waals surface area contributed by atoms with Gasteiger partial charge >= 0.3 is 11.8 Å². The number of aryl methyl sites for hydroxylation is 1. The van der Waals surface area contributed by atoms with Crippen molar-refractivity contribution in [2.45, 2.75) is 6.92 Å². The van der Waals surface area contributed by atoms with Crippen molar-refractivity contribution in [3.05, 3.63) is 76.1 Å². The Labute approximate surface area is 148 Å². The summed E-state index contributed by atoms with van der Waals surface area (Å²) in [6, 6.07) is 13.9. The molecular formula is C19H15N3O4. The molecule has 0 radical (unpaired) electrons. The number of nitrogens with zero attached hydrogens (tertiary/aromatic N) is 1. The standard InChI is InChI=1S/C19H15N3O4/c1-12-6-2-4-8-15(12)21-18(24)19(25)22-20-10-13-11-26-16-9-5-3-7-14(16)17(13)23/h2-11H,1H3,(H,21,24)(H,22,25)/b20-10-. The normalized spacial score (nSPS) is 10.8. The summed E-state index contributed by atoms with van der Waals surface area (Å²) in [7, 11) is 0. The van der Waals surface area contributed by atoms with Crippen molar-refractivity contribution in [1.82, 2.24) is 5.43 Å². The number of rotatable bonds is 3. The molecule has 2 N–H and O–H groups in total. The molecule has 0 bridgehead atoms. The Bertz CT molecular complexity index is 1070. The fourth-order valence-electron chi connectivity index (χ4n) is 2.29. The number of nitrogens with one attached hydrogen (secondary N) is 2. The van der Waals surface area contributed by atoms with Crippen molar-refractivity contribution in [2.24, 2.45) is 5.10 Å². The van der Waals surface area contributed by atoms with Gasteiger partial charge in [-0.15, -0.1) is 0 Å². The van der Waals surface area contributed by atoms with Crippen molar-refractivity contribution < 1.29 is 14.0 Å². The Balaban J connectivity index is 1.67. The third kappa shape index (κ3) is 3.67. The highest BCUT2D eigenvalue weighted by Gasteiger charge is 2.13. The first-order valence-electron chi connectivity index (χ1n) is 7.77. The van der Waals surface area contributed by atoms with Gasteiger partial charge in [0.1, 0.15) is 11.8 Å². The van der Waals surface area contributed by atoms with E-state index in [1.165, 1.54) is 6.26 Å². The zero-order valence-electron chi connectivity index (χ0n) is 13.9. The quantitative estimate of drug-likeness (QED) is 0.430. The molecule has 0 saturated heterocycles. The highest BCUT2D eigenvalue weighted by molar-refractivity contribution is 6.39. The van der Waals surface area contributed by atoms with Crippen LogP contribution in [-0.2, 0) is 9.59 Å². The predicted molar refractivity (Wildman–Crippen MR) is 98.0 cm³/mol. The van der Waals surface area contributed by atoms with Crippen molar-refractivity contribution in [3.63, 3.8) is 0 Å². The number of para-hydroxylation sites is 2. The van der Waals surface area contributed by atoms with Gasteiger partial charge in [0, 0.05) is 5.69 Å².